The van der Waals surface area contributed by atoms with Crippen molar-refractivity contribution >= 4 is 0 Å². The van der Waals surface area contributed by atoms with Crippen molar-refractivity contribution in [3.63, 3.8) is 0 Å². The second kappa shape index (κ2) is 6.81. The van der Waals surface area contributed by atoms with Crippen molar-refractivity contribution in [1.29, 1.82) is 0 Å². The van der Waals surface area contributed by atoms with Crippen LogP contribution in [0.3, 0.4) is 0 Å². The fourth-order valence-corrected chi connectivity index (χ4v) is 2.53. The van der Waals surface area contributed by atoms with Crippen LogP contribution >= 0.6 is 0 Å². The highest BCUT2D eigenvalue weighted by molar-refractivity contribution is 5.34. The molecule has 1 nitrogen and oxygen atoms in total. The molecular formula is C18H20F2O. The van der Waals surface area contributed by atoms with Crippen molar-refractivity contribution in [2.75, 3.05) is 0 Å². The summed E-state index contributed by atoms with van der Waals surface area (Å²) in [5.41, 5.74) is 3.90. The van der Waals surface area contributed by atoms with E-state index < -0.39 is 17.7 Å². The molecule has 0 aliphatic carbocycles. The van der Waals surface area contributed by atoms with Crippen LogP contribution in [-0.2, 0) is 19.3 Å². The first-order valence-corrected chi connectivity index (χ1v) is 7.28. The standard InChI is InChI=1S/C18H20F2O/c1-3-13-6-7-15(11-14(13)4-2)18(21)10-12-5-8-16(19)17(20)9-12/h5-9,11,18,21H,3-4,10H2,1-2H3. The van der Waals surface area contributed by atoms with Crippen LogP contribution < -0.4 is 0 Å². The Morgan fingerprint density at radius 3 is 2.24 bits per heavy atom. The summed E-state index contributed by atoms with van der Waals surface area (Å²) in [5.74, 6) is -1.75. The van der Waals surface area contributed by atoms with E-state index in [4.69, 9.17) is 0 Å². The lowest BCUT2D eigenvalue weighted by atomic mass is 9.95. The summed E-state index contributed by atoms with van der Waals surface area (Å²) in [6.07, 6.45) is 1.43. The van der Waals surface area contributed by atoms with Crippen molar-refractivity contribution < 1.29 is 13.9 Å². The molecule has 3 heteroatoms. The zero-order valence-corrected chi connectivity index (χ0v) is 12.4. The van der Waals surface area contributed by atoms with Gasteiger partial charge in [-0.15, -0.1) is 0 Å². The first-order chi connectivity index (χ1) is 10.0. The number of rotatable bonds is 5. The highest BCUT2D eigenvalue weighted by atomic mass is 19.2. The van der Waals surface area contributed by atoms with Gasteiger partial charge in [0.1, 0.15) is 0 Å². The monoisotopic (exact) mass is 290 g/mol. The highest BCUT2D eigenvalue weighted by Gasteiger charge is 2.12. The van der Waals surface area contributed by atoms with Gasteiger partial charge >= 0.3 is 0 Å². The Kier molecular flexibility index (Phi) is 5.07. The molecule has 2 aromatic carbocycles. The fraction of sp³-hybridized carbons (Fsp3) is 0.333. The number of aliphatic hydroxyl groups excluding tert-OH is 1. The molecule has 0 fully saturated rings. The van der Waals surface area contributed by atoms with Crippen LogP contribution in [0.25, 0.3) is 0 Å². The maximum absolute atomic E-state index is 13.2. The maximum Gasteiger partial charge on any atom is 0.159 e. The third-order valence-electron chi connectivity index (χ3n) is 3.79. The van der Waals surface area contributed by atoms with E-state index in [9.17, 15) is 13.9 Å². The molecule has 1 N–H and O–H groups in total. The first-order valence-electron chi connectivity index (χ1n) is 7.28. The third kappa shape index (κ3) is 3.67. The molecule has 0 aliphatic heterocycles. The lowest BCUT2D eigenvalue weighted by molar-refractivity contribution is 0.178. The number of hydrogen-bond acceptors (Lipinski definition) is 1. The quantitative estimate of drug-likeness (QED) is 0.867. The summed E-state index contributed by atoms with van der Waals surface area (Å²) in [6, 6.07) is 9.67. The molecule has 2 rings (SSSR count). The number of benzene rings is 2. The van der Waals surface area contributed by atoms with E-state index in [1.807, 2.05) is 18.2 Å². The predicted octanol–water partition coefficient (Wildman–Crippen LogP) is 4.37. The molecule has 0 bridgehead atoms. The van der Waals surface area contributed by atoms with E-state index in [0.29, 0.717) is 5.56 Å². The van der Waals surface area contributed by atoms with Crippen LogP contribution in [-0.4, -0.2) is 5.11 Å². The lowest BCUT2D eigenvalue weighted by Gasteiger charge is -2.14. The van der Waals surface area contributed by atoms with Crippen LogP contribution in [0.4, 0.5) is 8.78 Å². The summed E-state index contributed by atoms with van der Waals surface area (Å²) < 4.78 is 26.1. The molecule has 0 amide bonds. The molecule has 1 atom stereocenters. The van der Waals surface area contributed by atoms with Crippen molar-refractivity contribution in [2.45, 2.75) is 39.2 Å². The minimum absolute atomic E-state index is 0.270. The van der Waals surface area contributed by atoms with Crippen molar-refractivity contribution in [3.05, 3.63) is 70.3 Å². The Morgan fingerprint density at radius 2 is 1.62 bits per heavy atom. The van der Waals surface area contributed by atoms with Crippen molar-refractivity contribution in [2.24, 2.45) is 0 Å². The molecule has 0 radical (unpaired) electrons. The summed E-state index contributed by atoms with van der Waals surface area (Å²) >= 11 is 0. The Labute approximate surface area is 124 Å². The Hall–Kier alpha value is -1.74. The number of aliphatic hydroxyl groups is 1. The molecule has 0 heterocycles. The van der Waals surface area contributed by atoms with Gasteiger partial charge in [0.2, 0.25) is 0 Å². The number of halogens is 2. The predicted molar refractivity (Wildman–Crippen MR) is 80.2 cm³/mol. The van der Waals surface area contributed by atoms with Gasteiger partial charge in [-0.3, -0.25) is 0 Å². The molecule has 0 aromatic heterocycles. The molecule has 112 valence electrons. The maximum atomic E-state index is 13.2. The van der Waals surface area contributed by atoms with Gasteiger partial charge in [0.05, 0.1) is 6.10 Å². The fourth-order valence-electron chi connectivity index (χ4n) is 2.53. The molecule has 0 spiro atoms. The van der Waals surface area contributed by atoms with Gasteiger partial charge < -0.3 is 5.11 Å². The zero-order chi connectivity index (χ0) is 15.4. The summed E-state index contributed by atoms with van der Waals surface area (Å²) in [5, 5.41) is 10.3. The van der Waals surface area contributed by atoms with Gasteiger partial charge in [0.15, 0.2) is 11.6 Å². The van der Waals surface area contributed by atoms with E-state index in [2.05, 4.69) is 13.8 Å². The third-order valence-corrected chi connectivity index (χ3v) is 3.79. The Bertz CT molecular complexity index is 623. The number of hydrogen-bond donors (Lipinski definition) is 1. The normalized spacial score (nSPS) is 12.4. The smallest absolute Gasteiger partial charge is 0.159 e. The van der Waals surface area contributed by atoms with E-state index in [1.54, 1.807) is 0 Å². The second-order valence-electron chi connectivity index (χ2n) is 5.20. The van der Waals surface area contributed by atoms with Crippen LogP contribution in [0.15, 0.2) is 36.4 Å². The minimum Gasteiger partial charge on any atom is -0.388 e. The van der Waals surface area contributed by atoms with Gasteiger partial charge in [-0.2, -0.15) is 0 Å². The Morgan fingerprint density at radius 1 is 0.905 bits per heavy atom. The van der Waals surface area contributed by atoms with Crippen LogP contribution in [0.5, 0.6) is 0 Å². The SMILES string of the molecule is CCc1ccc(C(O)Cc2ccc(F)c(F)c2)cc1CC. The topological polar surface area (TPSA) is 20.2 Å². The van der Waals surface area contributed by atoms with Gasteiger partial charge in [-0.1, -0.05) is 38.1 Å². The Balaban J connectivity index is 2.19. The zero-order valence-electron chi connectivity index (χ0n) is 12.4. The lowest BCUT2D eigenvalue weighted by Crippen LogP contribution is -2.04. The molecule has 0 aliphatic rings. The van der Waals surface area contributed by atoms with E-state index in [0.717, 1.165) is 30.5 Å². The molecule has 1 unspecified atom stereocenters. The van der Waals surface area contributed by atoms with Gasteiger partial charge in [-0.25, -0.2) is 8.78 Å². The largest absolute Gasteiger partial charge is 0.388 e. The van der Waals surface area contributed by atoms with Crippen LogP contribution in [0.1, 0.15) is 42.2 Å². The summed E-state index contributed by atoms with van der Waals surface area (Å²) in [6.45, 7) is 4.19. The first kappa shape index (κ1) is 15.6. The molecular weight excluding hydrogens is 270 g/mol. The van der Waals surface area contributed by atoms with Crippen LogP contribution in [0.2, 0.25) is 0 Å². The molecule has 21 heavy (non-hydrogen) atoms. The molecule has 0 saturated heterocycles. The van der Waals surface area contributed by atoms with Gasteiger partial charge in [0.25, 0.3) is 0 Å². The van der Waals surface area contributed by atoms with E-state index >= 15 is 0 Å². The van der Waals surface area contributed by atoms with E-state index in [-0.39, 0.29) is 6.42 Å². The van der Waals surface area contributed by atoms with Crippen molar-refractivity contribution in [1.82, 2.24) is 0 Å². The average molecular weight is 290 g/mol. The van der Waals surface area contributed by atoms with Gasteiger partial charge in [-0.05, 0) is 47.2 Å². The summed E-state index contributed by atoms with van der Waals surface area (Å²) in [7, 11) is 0. The van der Waals surface area contributed by atoms with Crippen molar-refractivity contribution in [3.8, 4) is 0 Å². The summed E-state index contributed by atoms with van der Waals surface area (Å²) in [4.78, 5) is 0. The molecule has 0 saturated carbocycles. The van der Waals surface area contributed by atoms with Crippen LogP contribution in [0, 0.1) is 11.6 Å². The second-order valence-corrected chi connectivity index (χ2v) is 5.20. The van der Waals surface area contributed by atoms with E-state index in [1.165, 1.54) is 17.2 Å². The minimum atomic E-state index is -0.879. The average Bonchev–Trinajstić information content (AvgIpc) is 2.50. The highest BCUT2D eigenvalue weighted by Crippen LogP contribution is 2.23. The van der Waals surface area contributed by atoms with Gasteiger partial charge in [0, 0.05) is 6.42 Å². The number of aryl methyl sites for hydroxylation is 2. The molecule has 2 aromatic rings.